The van der Waals surface area contributed by atoms with Crippen LogP contribution in [0.15, 0.2) is 109 Å². The number of alkyl halides is 1. The number of amides is 10. The number of methoxy groups -OCH3 is 4. The van der Waals surface area contributed by atoms with Gasteiger partial charge in [-0.25, -0.2) is 9.59 Å². The normalized spacial score (nSPS) is 18.2. The molecule has 2 aliphatic rings. The zero-order valence-corrected chi connectivity index (χ0v) is 95.4. The Hall–Kier alpha value is -10.5. The molecule has 0 spiro atoms. The maximum atomic E-state index is 14.7. The Balaban J connectivity index is 0.000000612. The van der Waals surface area contributed by atoms with E-state index >= 15 is 0 Å². The summed E-state index contributed by atoms with van der Waals surface area (Å²) in [5.74, 6) is -8.03. The Morgan fingerprint density at radius 3 is 1.03 bits per heavy atom. The number of hydrogen-bond donors (Lipinski definition) is 7. The molecule has 0 radical (unpaired) electrons. The number of ether oxygens (including phenoxy) is 6. The molecule has 150 heavy (non-hydrogen) atoms. The Morgan fingerprint density at radius 2 is 0.740 bits per heavy atom. The maximum absolute atomic E-state index is 14.7. The number of aliphatic hydroxyl groups is 2. The molecule has 8 N–H and O–H groups in total. The fourth-order valence-electron chi connectivity index (χ4n) is 20.3. The zero-order valence-electron chi connectivity index (χ0n) is 96.4. The number of benzene rings is 4. The van der Waals surface area contributed by atoms with Crippen molar-refractivity contribution in [3.63, 3.8) is 0 Å². The van der Waals surface area contributed by atoms with Crippen molar-refractivity contribution in [2.45, 2.75) is 341 Å². The van der Waals surface area contributed by atoms with Crippen LogP contribution in [0.4, 0.5) is 25.4 Å². The first kappa shape index (κ1) is 130. The standard InChI is InChI=1S/C58H91N5O11.C57H90N6O11.CH3F/c1-17-37(8)52(49(72-15)32-50(66)63-29-21-24-46(63)54(73-16)40(11)56(69)59-41(12)53(67)43-22-19-18-20-23-43)61(13)57(70)45(35(4)5)31-48(65)51(36(6)7)62(14)58(71)74-33-42-25-27-44(28-26-42)60-55(68)38(9)30-47(64)39(10)34(2)3;1-16-36(8)51(47(72-14)31-48(66)63-28-20-23-44(63)53(73-15)38(10)55(69)59-39(11)52(67)41-21-18-17-19-22-41)61(12)56(70)43(33(2)3)30-46(65)50(35(6)7)62(13)57(71)74-32-40-24-26-42(27-25-40)60-54(68)37(9)29-45(64)49(58)34(4)5;1-2/h18-20,22-23,25-28,34-41,45-46,49,51-54,67H,17,21,24,29-33H2,1-16H3,(H,59,69)(H,60,68);17-19,21-22,24-27,33-39,43-44,47,49-53,67H,16,20,23,28-32,58H2,1-15H3,(H,59,69)(H,60,68);1H3/t37-,38+,39-,40+,41+,45-,46-,49+,51-,52-,53+,54+;36-,37+,38+,39+,43-,44-,47+,49-,50-,51-,52+,53+;/m00./s1/i;;1D. The average molecular weight is 2100 g/mol. The number of likely N-dealkylation sites (N-methyl/N-ethyl adjacent to an activating group) is 4. The third kappa shape index (κ3) is 38.1. The van der Waals surface area contributed by atoms with Crippen molar-refractivity contribution in [1.82, 2.24) is 40.0 Å². The van der Waals surface area contributed by atoms with Crippen LogP contribution in [-0.4, -0.2) is 278 Å². The molecule has 2 saturated heterocycles. The third-order valence-corrected chi connectivity index (χ3v) is 30.6. The molecule has 24 atom stereocenters. The number of aliphatic hydroxyl groups excluding tert-OH is 2. The second-order valence-corrected chi connectivity index (χ2v) is 43.6. The van der Waals surface area contributed by atoms with Crippen molar-refractivity contribution in [1.29, 1.82) is 0 Å². The number of nitrogens with one attached hydrogen (secondary N) is 4. The Bertz CT molecular complexity index is 4610. The highest BCUT2D eigenvalue weighted by Gasteiger charge is 2.48. The molecule has 2 aliphatic heterocycles. The van der Waals surface area contributed by atoms with Crippen LogP contribution >= 0.6 is 0 Å². The van der Waals surface area contributed by atoms with Gasteiger partial charge in [-0.05, 0) is 133 Å². The van der Waals surface area contributed by atoms with Gasteiger partial charge < -0.3 is 95.0 Å². The summed E-state index contributed by atoms with van der Waals surface area (Å²) in [5, 5.41) is 33.4. The van der Waals surface area contributed by atoms with E-state index in [2.05, 4.69) is 21.3 Å². The van der Waals surface area contributed by atoms with E-state index in [1.165, 1.54) is 52.3 Å². The van der Waals surface area contributed by atoms with Crippen LogP contribution in [0.5, 0.6) is 0 Å². The van der Waals surface area contributed by atoms with Gasteiger partial charge in [0.25, 0.3) is 0 Å². The molecule has 33 nitrogen and oxygen atoms in total. The van der Waals surface area contributed by atoms with E-state index in [1.54, 1.807) is 148 Å². The molecule has 2 heterocycles. The first-order chi connectivity index (χ1) is 71.0. The number of ketones is 4. The van der Waals surface area contributed by atoms with Crippen LogP contribution in [0, 0.1) is 88.8 Å². The molecule has 4 aromatic rings. The van der Waals surface area contributed by atoms with Crippen molar-refractivity contribution in [2.75, 3.05) is 87.5 Å². The van der Waals surface area contributed by atoms with Crippen LogP contribution in [-0.2, 0) is 99.2 Å². The number of anilines is 2. The topological polar surface area (TPSA) is 428 Å². The number of Topliss-reactive ketones (excluding diaryl/α,β-unsaturated/α-hetero) is 4. The van der Waals surface area contributed by atoms with E-state index in [1.807, 2.05) is 154 Å². The summed E-state index contributed by atoms with van der Waals surface area (Å²) in [6.07, 6.45) is -2.07. The summed E-state index contributed by atoms with van der Waals surface area (Å²) in [5.41, 5.74) is 9.69. The highest BCUT2D eigenvalue weighted by Crippen LogP contribution is 2.37. The minimum atomic E-state index is -1.00. The first-order valence-corrected chi connectivity index (χ1v) is 53.6. The van der Waals surface area contributed by atoms with Gasteiger partial charge in [-0.15, -0.1) is 0 Å². The summed E-state index contributed by atoms with van der Waals surface area (Å²) in [6, 6.07) is 26.4. The summed E-state index contributed by atoms with van der Waals surface area (Å²) >= 11 is 0. The van der Waals surface area contributed by atoms with Crippen molar-refractivity contribution in [3.05, 3.63) is 131 Å². The smallest absolute Gasteiger partial charge is 0.410 e. The van der Waals surface area contributed by atoms with Crippen LogP contribution in [0.1, 0.15) is 272 Å². The number of rotatable bonds is 58. The number of likely N-dealkylation sites (tertiary alicyclic amines) is 2. The van der Waals surface area contributed by atoms with Crippen molar-refractivity contribution >= 4 is 94.0 Å². The molecule has 34 heteroatoms. The van der Waals surface area contributed by atoms with E-state index in [9.17, 15) is 81.7 Å². The van der Waals surface area contributed by atoms with Gasteiger partial charge in [0.2, 0.25) is 47.3 Å². The van der Waals surface area contributed by atoms with Crippen LogP contribution in [0.3, 0.4) is 0 Å². The molecule has 4 aromatic carbocycles. The fourth-order valence-corrected chi connectivity index (χ4v) is 20.3. The number of nitrogens with two attached hydrogens (primary N) is 1. The molecular formula is C116H184FN11O22. The molecule has 0 aromatic heterocycles. The molecule has 2 fully saturated rings. The minimum absolute atomic E-state index is 0.0295. The molecular weight excluding hydrogens is 1920 g/mol. The summed E-state index contributed by atoms with van der Waals surface area (Å²) in [7, 11) is 11.6. The number of carbonyl (C=O) groups is 14. The largest absolute Gasteiger partial charge is 0.445 e. The van der Waals surface area contributed by atoms with E-state index in [0.717, 1.165) is 0 Å². The van der Waals surface area contributed by atoms with Gasteiger partial charge in [-0.1, -0.05) is 243 Å². The highest BCUT2D eigenvalue weighted by molar-refractivity contribution is 5.98. The van der Waals surface area contributed by atoms with Gasteiger partial charge in [0.05, 0.1) is 124 Å². The lowest BCUT2D eigenvalue weighted by Gasteiger charge is -2.41. The van der Waals surface area contributed by atoms with Crippen LogP contribution in [0.25, 0.3) is 0 Å². The van der Waals surface area contributed by atoms with Crippen molar-refractivity contribution in [3.8, 4) is 0 Å². The number of halogens is 1. The average Bonchev–Trinajstić information content (AvgIpc) is 1.62. The zero-order chi connectivity index (χ0) is 114. The quantitative estimate of drug-likeness (QED) is 0.0216. The lowest BCUT2D eigenvalue weighted by molar-refractivity contribution is -0.149. The van der Waals surface area contributed by atoms with E-state index in [-0.39, 0.29) is 175 Å². The SMILES string of the molecule is CC[C@H](C)[C@@H]([C@@H](CC(=O)N1CCC[C@H]1[C@H](OC)[C@@H](C)C(=O)N[C@H](C)[C@@H](O)c1ccccc1)OC)N(C)C(=O)[C@@H](CC(=O)[C@H](C(C)C)N(C)C(=O)OCc1ccc(NC(=O)[C@H](C)CC(=O)[C@@H](C)C(C)C)cc1)C(C)C.CC[C@H](C)[C@@H]([C@@H](CC(=O)N1CCC[C@H]1[C@H](OC)[C@@H](C)C(=O)N[C@H](C)[C@@H](O)c1ccccc1)OC)N(C)C(=O)[C@@H](CC(=O)[C@H](C(C)C)N(C)C(=O)OCc1ccc(NC(=O)[C@H](C)CC(=O)[C@@H](N)C(C)C)cc1)C(C)C.[2H]CF. The molecule has 842 valence electrons. The Morgan fingerprint density at radius 1 is 0.413 bits per heavy atom. The van der Waals surface area contributed by atoms with Gasteiger partial charge in [-0.3, -0.25) is 61.9 Å². The van der Waals surface area contributed by atoms with Gasteiger partial charge in [0.15, 0.2) is 17.3 Å². The predicted octanol–water partition coefficient (Wildman–Crippen LogP) is 16.3. The second-order valence-electron chi connectivity index (χ2n) is 43.6. The Kier molecular flexibility index (Phi) is 55.9. The number of carbonyl (C=O) groups excluding carboxylic acids is 14. The summed E-state index contributed by atoms with van der Waals surface area (Å²) < 4.78 is 50.9. The van der Waals surface area contributed by atoms with Gasteiger partial charge in [0.1, 0.15) is 19.0 Å². The van der Waals surface area contributed by atoms with E-state index < -0.39 is 146 Å². The number of nitrogens with zero attached hydrogens (tertiary/aromatic N) is 6. The first-order valence-electron chi connectivity index (χ1n) is 54.3. The predicted molar refractivity (Wildman–Crippen MR) is 581 cm³/mol. The lowest BCUT2D eigenvalue weighted by atomic mass is 9.83. The second kappa shape index (κ2) is 64.5. The highest BCUT2D eigenvalue weighted by atomic mass is 19.1. The fraction of sp³-hybridized carbons (Fsp3) is 0.672. The minimum Gasteiger partial charge on any atom is -0.445 e. The van der Waals surface area contributed by atoms with Gasteiger partial charge in [-0.2, -0.15) is 0 Å². The van der Waals surface area contributed by atoms with Gasteiger partial charge >= 0.3 is 12.2 Å². The molecule has 10 amide bonds. The summed E-state index contributed by atoms with van der Waals surface area (Å²) in [6.45, 7) is 43.7. The number of hydrogen-bond acceptors (Lipinski definition) is 23. The molecule has 0 saturated carbocycles. The van der Waals surface area contributed by atoms with Crippen molar-refractivity contribution < 1.29 is 112 Å². The van der Waals surface area contributed by atoms with E-state index in [4.69, 9.17) is 35.5 Å². The van der Waals surface area contributed by atoms with E-state index in [0.29, 0.717) is 85.2 Å². The van der Waals surface area contributed by atoms with Crippen LogP contribution in [0.2, 0.25) is 0 Å². The Labute approximate surface area is 894 Å². The molecule has 6 rings (SSSR count). The molecule has 0 bridgehead atoms. The van der Waals surface area contributed by atoms with Crippen molar-refractivity contribution in [2.24, 2.45) is 94.5 Å². The maximum Gasteiger partial charge on any atom is 0.410 e. The van der Waals surface area contributed by atoms with Gasteiger partial charge in [0, 0.05) is 136 Å². The lowest BCUT2D eigenvalue weighted by Crippen LogP contribution is -2.55. The summed E-state index contributed by atoms with van der Waals surface area (Å²) in [4.78, 5) is 201. The van der Waals surface area contributed by atoms with Crippen LogP contribution < -0.4 is 27.0 Å². The monoisotopic (exact) mass is 2100 g/mol. The molecule has 0 aliphatic carbocycles. The third-order valence-electron chi connectivity index (χ3n) is 30.6. The molecule has 0 unspecified atom stereocenters.